The van der Waals surface area contributed by atoms with Crippen molar-refractivity contribution in [3.63, 3.8) is 0 Å². The third kappa shape index (κ3) is 4.97. The molecule has 0 bridgehead atoms. The molecule has 2 heteroatoms. The van der Waals surface area contributed by atoms with Gasteiger partial charge in [0.05, 0.1) is 6.61 Å². The van der Waals surface area contributed by atoms with Gasteiger partial charge in [-0.25, -0.2) is 0 Å². The van der Waals surface area contributed by atoms with Gasteiger partial charge >= 0.3 is 0 Å². The molecule has 1 heterocycles. The molecule has 1 aliphatic heterocycles. The van der Waals surface area contributed by atoms with Crippen molar-refractivity contribution in [2.75, 3.05) is 18.1 Å². The first-order valence-electron chi connectivity index (χ1n) is 10.7. The Labute approximate surface area is 162 Å². The van der Waals surface area contributed by atoms with E-state index in [1.807, 2.05) is 0 Å². The first-order chi connectivity index (χ1) is 12.8. The van der Waals surface area contributed by atoms with Gasteiger partial charge in [0.25, 0.3) is 0 Å². The van der Waals surface area contributed by atoms with Crippen LogP contribution in [0.4, 0.5) is 0 Å². The molecule has 0 atom stereocenters. The lowest BCUT2D eigenvalue weighted by Gasteiger charge is -2.22. The van der Waals surface area contributed by atoms with Crippen molar-refractivity contribution in [3.05, 3.63) is 36.4 Å². The summed E-state index contributed by atoms with van der Waals surface area (Å²) in [6.45, 7) is 5.15. The van der Waals surface area contributed by atoms with Crippen LogP contribution in [0.3, 0.4) is 0 Å². The molecule has 2 aromatic carbocycles. The molecule has 1 saturated heterocycles. The van der Waals surface area contributed by atoms with Crippen LogP contribution in [0.1, 0.15) is 65.2 Å². The highest BCUT2D eigenvalue weighted by Gasteiger charge is 2.29. The molecule has 1 aliphatic carbocycles. The van der Waals surface area contributed by atoms with E-state index in [1.165, 1.54) is 73.6 Å². The summed E-state index contributed by atoms with van der Waals surface area (Å²) in [5.41, 5.74) is 0. The normalized spacial score (nSPS) is 18.5. The van der Waals surface area contributed by atoms with Crippen molar-refractivity contribution in [1.29, 1.82) is 0 Å². The summed E-state index contributed by atoms with van der Waals surface area (Å²) in [4.78, 5) is 1.57. The Hall–Kier alpha value is -1.15. The Bertz CT molecular complexity index is 669. The standard InChI is InChI=1S/C21H27OS.C3H8/c1-2-8-17(9-3-1)16-22-20-12-13-21(23-14-6-7-15-23)19-11-5-4-10-18(19)20;1-3-2/h4-5,10-13,17H,1-3,6-9,14-16H2;3H2,1-2H3/q+1;. The molecule has 0 amide bonds. The van der Waals surface area contributed by atoms with Crippen molar-refractivity contribution in [3.8, 4) is 5.75 Å². The number of benzene rings is 2. The van der Waals surface area contributed by atoms with Gasteiger partial charge in [0.2, 0.25) is 0 Å². The van der Waals surface area contributed by atoms with E-state index in [-0.39, 0.29) is 0 Å². The van der Waals surface area contributed by atoms with E-state index >= 15 is 0 Å². The Morgan fingerprint density at radius 3 is 2.19 bits per heavy atom. The largest absolute Gasteiger partial charge is 0.493 e. The Morgan fingerprint density at radius 2 is 1.50 bits per heavy atom. The number of hydrogen-bond acceptors (Lipinski definition) is 1. The van der Waals surface area contributed by atoms with Gasteiger partial charge < -0.3 is 4.74 Å². The van der Waals surface area contributed by atoms with Crippen LogP contribution < -0.4 is 4.74 Å². The summed E-state index contributed by atoms with van der Waals surface area (Å²) in [5, 5.41) is 2.75. The zero-order valence-corrected chi connectivity index (χ0v) is 17.5. The molecule has 0 spiro atoms. The number of ether oxygens (including phenoxy) is 1. The maximum atomic E-state index is 6.28. The summed E-state index contributed by atoms with van der Waals surface area (Å²) < 4.78 is 6.28. The fourth-order valence-corrected chi connectivity index (χ4v) is 6.56. The topological polar surface area (TPSA) is 9.23 Å². The minimum atomic E-state index is 0.463. The third-order valence-corrected chi connectivity index (χ3v) is 7.93. The predicted molar refractivity (Wildman–Crippen MR) is 117 cm³/mol. The number of fused-ring (bicyclic) bond motifs is 1. The molecular formula is C24H35OS+. The predicted octanol–water partition coefficient (Wildman–Crippen LogP) is 6.99. The third-order valence-electron chi connectivity index (χ3n) is 5.39. The fraction of sp³-hybridized carbons (Fsp3) is 0.583. The van der Waals surface area contributed by atoms with E-state index in [1.54, 1.807) is 4.90 Å². The van der Waals surface area contributed by atoms with E-state index in [0.29, 0.717) is 10.9 Å². The first kappa shape index (κ1) is 19.6. The molecular weight excluding hydrogens is 336 g/mol. The van der Waals surface area contributed by atoms with Gasteiger partial charge in [-0.15, -0.1) is 0 Å². The van der Waals surface area contributed by atoms with Gasteiger partial charge in [-0.1, -0.05) is 57.7 Å². The zero-order chi connectivity index (χ0) is 18.2. The Kier molecular flexibility index (Phi) is 7.73. The number of hydrogen-bond donors (Lipinski definition) is 0. The van der Waals surface area contributed by atoms with Gasteiger partial charge in [0.15, 0.2) is 4.90 Å². The number of rotatable bonds is 4. The first-order valence-corrected chi connectivity index (χ1v) is 12.2. The molecule has 1 nitrogen and oxygen atoms in total. The lowest BCUT2D eigenvalue weighted by atomic mass is 9.90. The molecule has 1 saturated carbocycles. The van der Waals surface area contributed by atoms with Crippen LogP contribution in [0.5, 0.6) is 5.75 Å². The molecule has 2 aliphatic rings. The smallest absolute Gasteiger partial charge is 0.162 e. The van der Waals surface area contributed by atoms with Crippen molar-refractivity contribution < 1.29 is 4.74 Å². The van der Waals surface area contributed by atoms with Crippen LogP contribution in [0.2, 0.25) is 0 Å². The van der Waals surface area contributed by atoms with Gasteiger partial charge in [0.1, 0.15) is 17.3 Å². The molecule has 0 unspecified atom stereocenters. The maximum absolute atomic E-state index is 6.28. The summed E-state index contributed by atoms with van der Waals surface area (Å²) in [6, 6.07) is 13.5. The highest BCUT2D eigenvalue weighted by molar-refractivity contribution is 7.97. The van der Waals surface area contributed by atoms with Gasteiger partial charge in [-0.05, 0) is 49.8 Å². The van der Waals surface area contributed by atoms with Gasteiger partial charge in [0, 0.05) is 21.7 Å². The fourth-order valence-electron chi connectivity index (χ4n) is 4.06. The quantitative estimate of drug-likeness (QED) is 0.526. The van der Waals surface area contributed by atoms with Crippen LogP contribution >= 0.6 is 0 Å². The molecule has 4 rings (SSSR count). The second-order valence-electron chi connectivity index (χ2n) is 7.74. The average Bonchev–Trinajstić information content (AvgIpc) is 3.22. The van der Waals surface area contributed by atoms with Crippen LogP contribution in [-0.2, 0) is 10.9 Å². The molecule has 2 aromatic rings. The Morgan fingerprint density at radius 1 is 0.846 bits per heavy atom. The van der Waals surface area contributed by atoms with E-state index in [9.17, 15) is 0 Å². The minimum absolute atomic E-state index is 0.463. The molecule has 142 valence electrons. The molecule has 0 N–H and O–H groups in total. The van der Waals surface area contributed by atoms with Gasteiger partial charge in [-0.2, -0.15) is 0 Å². The maximum Gasteiger partial charge on any atom is 0.162 e. The van der Waals surface area contributed by atoms with E-state index in [2.05, 4.69) is 50.2 Å². The molecule has 2 fully saturated rings. The summed E-state index contributed by atoms with van der Waals surface area (Å²) in [6.07, 6.45) is 10.9. The van der Waals surface area contributed by atoms with E-state index < -0.39 is 0 Å². The summed E-state index contributed by atoms with van der Waals surface area (Å²) >= 11 is 0. The SMILES string of the molecule is CCC.c1ccc2c([S+]3CCCC3)ccc(OCC3CCCCC3)c2c1. The average molecular weight is 372 g/mol. The monoisotopic (exact) mass is 371 g/mol. The summed E-state index contributed by atoms with van der Waals surface area (Å²) in [7, 11) is 0.463. The van der Waals surface area contributed by atoms with Crippen LogP contribution in [0, 0.1) is 5.92 Å². The highest BCUT2D eigenvalue weighted by Crippen LogP contribution is 2.35. The summed E-state index contributed by atoms with van der Waals surface area (Å²) in [5.74, 6) is 4.62. The van der Waals surface area contributed by atoms with Crippen LogP contribution in [0.15, 0.2) is 41.3 Å². The Balaban J connectivity index is 0.000000613. The molecule has 0 radical (unpaired) electrons. The van der Waals surface area contributed by atoms with Crippen molar-refractivity contribution in [2.45, 2.75) is 70.1 Å². The van der Waals surface area contributed by atoms with Crippen molar-refractivity contribution >= 4 is 21.7 Å². The van der Waals surface area contributed by atoms with E-state index in [0.717, 1.165) is 18.3 Å². The molecule has 0 aromatic heterocycles. The van der Waals surface area contributed by atoms with Crippen LogP contribution in [0.25, 0.3) is 10.8 Å². The van der Waals surface area contributed by atoms with Crippen molar-refractivity contribution in [2.24, 2.45) is 5.92 Å². The van der Waals surface area contributed by atoms with Crippen molar-refractivity contribution in [1.82, 2.24) is 0 Å². The van der Waals surface area contributed by atoms with Gasteiger partial charge in [-0.3, -0.25) is 0 Å². The highest BCUT2D eigenvalue weighted by atomic mass is 32.2. The van der Waals surface area contributed by atoms with Crippen LogP contribution in [-0.4, -0.2) is 18.1 Å². The second-order valence-corrected chi connectivity index (χ2v) is 9.98. The second kappa shape index (κ2) is 10.3. The minimum Gasteiger partial charge on any atom is -0.493 e. The molecule has 26 heavy (non-hydrogen) atoms. The van der Waals surface area contributed by atoms with E-state index in [4.69, 9.17) is 4.74 Å². The lowest BCUT2D eigenvalue weighted by molar-refractivity contribution is 0.210. The lowest BCUT2D eigenvalue weighted by Crippen LogP contribution is -2.15. The zero-order valence-electron chi connectivity index (χ0n) is 16.6.